The molecule has 0 bridgehead atoms. The third-order valence-corrected chi connectivity index (χ3v) is 3.29. The van der Waals surface area contributed by atoms with Crippen LogP contribution in [0.1, 0.15) is 16.7 Å². The van der Waals surface area contributed by atoms with Crippen LogP contribution in [0.15, 0.2) is 42.5 Å². The van der Waals surface area contributed by atoms with E-state index in [1.54, 1.807) is 19.2 Å². The molecule has 0 spiro atoms. The van der Waals surface area contributed by atoms with Gasteiger partial charge in [0.25, 0.3) is 0 Å². The second-order valence-electron chi connectivity index (χ2n) is 4.54. The van der Waals surface area contributed by atoms with Crippen molar-refractivity contribution in [1.29, 1.82) is 0 Å². The van der Waals surface area contributed by atoms with Crippen LogP contribution in [0.3, 0.4) is 0 Å². The second kappa shape index (κ2) is 7.39. The molecule has 2 rings (SSSR count). The van der Waals surface area contributed by atoms with Crippen LogP contribution < -0.4 is 5.32 Å². The van der Waals surface area contributed by atoms with E-state index < -0.39 is 0 Å². The van der Waals surface area contributed by atoms with Gasteiger partial charge in [-0.05, 0) is 29.3 Å². The molecular weight excluding hydrogens is 277 g/mol. The Balaban J connectivity index is 1.97. The SMILES string of the molecule is COCc1ccccc1CNCc1cc(Cl)ccc1F. The van der Waals surface area contributed by atoms with Crippen molar-refractivity contribution in [2.75, 3.05) is 7.11 Å². The maximum atomic E-state index is 13.6. The summed E-state index contributed by atoms with van der Waals surface area (Å²) in [5, 5.41) is 3.78. The number of ether oxygens (including phenoxy) is 1. The molecule has 0 aromatic heterocycles. The van der Waals surface area contributed by atoms with Gasteiger partial charge in [-0.25, -0.2) is 4.39 Å². The summed E-state index contributed by atoms with van der Waals surface area (Å²) in [4.78, 5) is 0. The van der Waals surface area contributed by atoms with Crippen LogP contribution in [0, 0.1) is 5.82 Å². The summed E-state index contributed by atoms with van der Waals surface area (Å²) >= 11 is 5.87. The molecule has 0 unspecified atom stereocenters. The van der Waals surface area contributed by atoms with E-state index in [2.05, 4.69) is 5.32 Å². The van der Waals surface area contributed by atoms with Crippen molar-refractivity contribution < 1.29 is 9.13 Å². The van der Waals surface area contributed by atoms with Crippen molar-refractivity contribution in [1.82, 2.24) is 5.32 Å². The number of halogens is 2. The maximum absolute atomic E-state index is 13.6. The van der Waals surface area contributed by atoms with E-state index in [1.165, 1.54) is 6.07 Å². The molecule has 2 nitrogen and oxygen atoms in total. The predicted octanol–water partition coefficient (Wildman–Crippen LogP) is 3.92. The highest BCUT2D eigenvalue weighted by Gasteiger charge is 2.04. The van der Waals surface area contributed by atoms with Crippen molar-refractivity contribution in [3.05, 3.63) is 70.0 Å². The molecule has 4 heteroatoms. The summed E-state index contributed by atoms with van der Waals surface area (Å²) < 4.78 is 18.7. The molecule has 0 aliphatic carbocycles. The fourth-order valence-electron chi connectivity index (χ4n) is 2.04. The first kappa shape index (κ1) is 15.0. The Kier molecular flexibility index (Phi) is 5.53. The quantitative estimate of drug-likeness (QED) is 0.872. The first-order valence-corrected chi connectivity index (χ1v) is 6.79. The van der Waals surface area contributed by atoms with Crippen LogP contribution in [0.5, 0.6) is 0 Å². The summed E-state index contributed by atoms with van der Waals surface area (Å²) in [6.07, 6.45) is 0. The summed E-state index contributed by atoms with van der Waals surface area (Å²) in [7, 11) is 1.67. The minimum atomic E-state index is -0.243. The highest BCUT2D eigenvalue weighted by molar-refractivity contribution is 6.30. The smallest absolute Gasteiger partial charge is 0.127 e. The zero-order valence-corrected chi connectivity index (χ0v) is 12.1. The Morgan fingerprint density at radius 2 is 1.75 bits per heavy atom. The molecule has 20 heavy (non-hydrogen) atoms. The molecule has 0 aliphatic heterocycles. The van der Waals surface area contributed by atoms with E-state index in [9.17, 15) is 4.39 Å². The molecule has 106 valence electrons. The van der Waals surface area contributed by atoms with Crippen LogP contribution in [0.2, 0.25) is 5.02 Å². The van der Waals surface area contributed by atoms with Crippen molar-refractivity contribution in [3.8, 4) is 0 Å². The number of nitrogens with one attached hydrogen (secondary N) is 1. The number of rotatable bonds is 6. The van der Waals surface area contributed by atoms with Crippen LogP contribution >= 0.6 is 11.6 Å². The van der Waals surface area contributed by atoms with Crippen LogP contribution in [-0.4, -0.2) is 7.11 Å². The van der Waals surface area contributed by atoms with Crippen molar-refractivity contribution >= 4 is 11.6 Å². The van der Waals surface area contributed by atoms with Gasteiger partial charge in [-0.3, -0.25) is 0 Å². The summed E-state index contributed by atoms with van der Waals surface area (Å²) in [5.74, 6) is -0.243. The van der Waals surface area contributed by atoms with Crippen molar-refractivity contribution in [3.63, 3.8) is 0 Å². The zero-order chi connectivity index (χ0) is 14.4. The molecule has 0 saturated heterocycles. The number of hydrogen-bond donors (Lipinski definition) is 1. The van der Waals surface area contributed by atoms with Crippen molar-refractivity contribution in [2.24, 2.45) is 0 Å². The third-order valence-electron chi connectivity index (χ3n) is 3.06. The first-order chi connectivity index (χ1) is 9.70. The number of hydrogen-bond acceptors (Lipinski definition) is 2. The minimum Gasteiger partial charge on any atom is -0.380 e. The van der Waals surface area contributed by atoms with Crippen LogP contribution in [0.25, 0.3) is 0 Å². The van der Waals surface area contributed by atoms with Gasteiger partial charge in [0.15, 0.2) is 0 Å². The van der Waals surface area contributed by atoms with Gasteiger partial charge in [0.1, 0.15) is 5.82 Å². The molecule has 1 N–H and O–H groups in total. The first-order valence-electron chi connectivity index (χ1n) is 6.41. The highest BCUT2D eigenvalue weighted by Crippen LogP contribution is 2.15. The van der Waals surface area contributed by atoms with Gasteiger partial charge in [-0.2, -0.15) is 0 Å². The lowest BCUT2D eigenvalue weighted by Crippen LogP contribution is -2.15. The molecule has 0 amide bonds. The lowest BCUT2D eigenvalue weighted by molar-refractivity contribution is 0.184. The van der Waals surface area contributed by atoms with Crippen LogP contribution in [0.4, 0.5) is 4.39 Å². The summed E-state index contributed by atoms with van der Waals surface area (Å²) in [6, 6.07) is 12.6. The Hall–Kier alpha value is -1.42. The van der Waals surface area contributed by atoms with Gasteiger partial charge in [-0.15, -0.1) is 0 Å². The topological polar surface area (TPSA) is 21.3 Å². The Morgan fingerprint density at radius 1 is 1.05 bits per heavy atom. The van der Waals surface area contributed by atoms with E-state index >= 15 is 0 Å². The Labute approximate surface area is 123 Å². The zero-order valence-electron chi connectivity index (χ0n) is 11.3. The minimum absolute atomic E-state index is 0.243. The Morgan fingerprint density at radius 3 is 2.50 bits per heavy atom. The molecule has 0 heterocycles. The average Bonchev–Trinajstić information content (AvgIpc) is 2.45. The van der Waals surface area contributed by atoms with E-state index in [0.29, 0.717) is 30.3 Å². The molecule has 0 aliphatic rings. The highest BCUT2D eigenvalue weighted by atomic mass is 35.5. The number of benzene rings is 2. The van der Waals surface area contributed by atoms with E-state index in [4.69, 9.17) is 16.3 Å². The van der Waals surface area contributed by atoms with E-state index in [0.717, 1.165) is 11.1 Å². The predicted molar refractivity (Wildman–Crippen MR) is 79.1 cm³/mol. The van der Waals surface area contributed by atoms with E-state index in [1.807, 2.05) is 24.3 Å². The fraction of sp³-hybridized carbons (Fsp3) is 0.250. The Bertz CT molecular complexity index is 574. The number of methoxy groups -OCH3 is 1. The van der Waals surface area contributed by atoms with Crippen LogP contribution in [-0.2, 0) is 24.4 Å². The lowest BCUT2D eigenvalue weighted by Gasteiger charge is -2.10. The third kappa shape index (κ3) is 4.04. The van der Waals surface area contributed by atoms with E-state index in [-0.39, 0.29) is 5.82 Å². The van der Waals surface area contributed by atoms with Gasteiger partial charge in [0.2, 0.25) is 0 Å². The molecule has 0 atom stereocenters. The van der Waals surface area contributed by atoms with Crippen molar-refractivity contribution in [2.45, 2.75) is 19.7 Å². The normalized spacial score (nSPS) is 10.8. The standard InChI is InChI=1S/C16H17ClFNO/c1-20-11-13-5-3-2-4-12(13)9-19-10-14-8-15(17)6-7-16(14)18/h2-8,19H,9-11H2,1H3. The molecule has 0 saturated carbocycles. The summed E-state index contributed by atoms with van der Waals surface area (Å²) in [5.41, 5.74) is 2.85. The monoisotopic (exact) mass is 293 g/mol. The second-order valence-corrected chi connectivity index (χ2v) is 4.98. The van der Waals surface area contributed by atoms with Gasteiger partial charge in [-0.1, -0.05) is 35.9 Å². The molecule has 2 aromatic rings. The molecular formula is C16H17ClFNO. The average molecular weight is 294 g/mol. The molecule has 0 fully saturated rings. The summed E-state index contributed by atoms with van der Waals surface area (Å²) in [6.45, 7) is 1.67. The largest absolute Gasteiger partial charge is 0.380 e. The van der Waals surface area contributed by atoms with Gasteiger partial charge in [0.05, 0.1) is 6.61 Å². The lowest BCUT2D eigenvalue weighted by atomic mass is 10.1. The van der Waals surface area contributed by atoms with Gasteiger partial charge >= 0.3 is 0 Å². The maximum Gasteiger partial charge on any atom is 0.127 e. The van der Waals surface area contributed by atoms with Gasteiger partial charge in [0, 0.05) is 30.8 Å². The van der Waals surface area contributed by atoms with Gasteiger partial charge < -0.3 is 10.1 Å². The molecule has 2 aromatic carbocycles. The molecule has 0 radical (unpaired) electrons. The fourth-order valence-corrected chi connectivity index (χ4v) is 2.23.